The smallest absolute Gasteiger partial charge is 0.270 e. The van der Waals surface area contributed by atoms with Gasteiger partial charge in [-0.05, 0) is 50.1 Å². The van der Waals surface area contributed by atoms with Gasteiger partial charge in [0, 0.05) is 11.7 Å². The van der Waals surface area contributed by atoms with E-state index in [-0.39, 0.29) is 5.91 Å². The molecular formula is C20H26N4O3. The van der Waals surface area contributed by atoms with Gasteiger partial charge in [-0.3, -0.25) is 4.79 Å². The van der Waals surface area contributed by atoms with E-state index in [0.717, 1.165) is 30.0 Å². The van der Waals surface area contributed by atoms with Crippen LogP contribution in [0.4, 0.5) is 5.95 Å². The number of aryl methyl sites for hydroxylation is 1. The maximum Gasteiger partial charge on any atom is 0.270 e. The van der Waals surface area contributed by atoms with Crippen LogP contribution in [-0.4, -0.2) is 42.2 Å². The van der Waals surface area contributed by atoms with Gasteiger partial charge in [-0.25, -0.2) is 9.97 Å². The van der Waals surface area contributed by atoms with Crippen LogP contribution >= 0.6 is 0 Å². The largest absolute Gasteiger partial charge is 0.497 e. The third kappa shape index (κ3) is 5.57. The number of anilines is 1. The van der Waals surface area contributed by atoms with Crippen LogP contribution in [0, 0.1) is 6.92 Å². The molecule has 0 saturated heterocycles. The number of carbonyl (C=O) groups excluding carboxylic acids is 1. The Morgan fingerprint density at radius 1 is 1.15 bits per heavy atom. The Labute approximate surface area is 159 Å². The minimum absolute atomic E-state index is 0.228. The van der Waals surface area contributed by atoms with E-state index in [2.05, 4.69) is 20.6 Å². The molecule has 27 heavy (non-hydrogen) atoms. The molecule has 0 radical (unpaired) electrons. The van der Waals surface area contributed by atoms with Crippen LogP contribution in [0.25, 0.3) is 0 Å². The lowest BCUT2D eigenvalue weighted by Crippen LogP contribution is -2.29. The molecule has 0 unspecified atom stereocenters. The highest BCUT2D eigenvalue weighted by atomic mass is 16.5. The summed E-state index contributed by atoms with van der Waals surface area (Å²) in [4.78, 5) is 21.1. The first-order valence-electron chi connectivity index (χ1n) is 9.31. The minimum atomic E-state index is -0.228. The lowest BCUT2D eigenvalue weighted by molar-refractivity contribution is 0.0942. The SMILES string of the molecule is COc1ccc(OCCNC(=O)c2cc(C)nc(NC3CCCC3)n2)cc1. The van der Waals surface area contributed by atoms with Crippen molar-refractivity contribution in [3.8, 4) is 11.5 Å². The average Bonchev–Trinajstić information content (AvgIpc) is 3.18. The molecule has 7 heteroatoms. The normalized spacial score (nSPS) is 14.0. The van der Waals surface area contributed by atoms with E-state index in [1.165, 1.54) is 12.8 Å². The van der Waals surface area contributed by atoms with Gasteiger partial charge in [-0.15, -0.1) is 0 Å². The molecule has 1 saturated carbocycles. The highest BCUT2D eigenvalue weighted by molar-refractivity contribution is 5.92. The monoisotopic (exact) mass is 370 g/mol. The zero-order valence-corrected chi connectivity index (χ0v) is 15.8. The summed E-state index contributed by atoms with van der Waals surface area (Å²) in [5, 5.41) is 6.17. The maximum absolute atomic E-state index is 12.4. The maximum atomic E-state index is 12.4. The van der Waals surface area contributed by atoms with Crippen LogP contribution in [0.1, 0.15) is 41.9 Å². The van der Waals surface area contributed by atoms with E-state index in [0.29, 0.717) is 30.8 Å². The summed E-state index contributed by atoms with van der Waals surface area (Å²) in [5.41, 5.74) is 1.14. The summed E-state index contributed by atoms with van der Waals surface area (Å²) in [7, 11) is 1.62. The number of nitrogens with zero attached hydrogens (tertiary/aromatic N) is 2. The molecule has 0 atom stereocenters. The fourth-order valence-corrected chi connectivity index (χ4v) is 3.10. The molecule has 0 bridgehead atoms. The fraction of sp³-hybridized carbons (Fsp3) is 0.450. The van der Waals surface area contributed by atoms with Crippen LogP contribution < -0.4 is 20.1 Å². The van der Waals surface area contributed by atoms with Crippen molar-refractivity contribution in [2.45, 2.75) is 38.6 Å². The molecule has 7 nitrogen and oxygen atoms in total. The van der Waals surface area contributed by atoms with Gasteiger partial charge in [-0.1, -0.05) is 12.8 Å². The third-order valence-corrected chi connectivity index (χ3v) is 4.49. The van der Waals surface area contributed by atoms with E-state index in [4.69, 9.17) is 9.47 Å². The van der Waals surface area contributed by atoms with Gasteiger partial charge in [0.15, 0.2) is 0 Å². The Morgan fingerprint density at radius 2 is 1.85 bits per heavy atom. The highest BCUT2D eigenvalue weighted by Gasteiger charge is 2.17. The third-order valence-electron chi connectivity index (χ3n) is 4.49. The number of ether oxygens (including phenoxy) is 2. The number of nitrogens with one attached hydrogen (secondary N) is 2. The quantitative estimate of drug-likeness (QED) is 0.695. The van der Waals surface area contributed by atoms with Crippen molar-refractivity contribution in [2.24, 2.45) is 0 Å². The van der Waals surface area contributed by atoms with E-state index in [1.54, 1.807) is 13.2 Å². The Morgan fingerprint density at radius 3 is 2.56 bits per heavy atom. The summed E-state index contributed by atoms with van der Waals surface area (Å²) < 4.78 is 10.7. The van der Waals surface area contributed by atoms with Gasteiger partial charge in [-0.2, -0.15) is 0 Å². The van der Waals surface area contributed by atoms with Crippen LogP contribution in [0.5, 0.6) is 11.5 Å². The molecule has 0 spiro atoms. The molecule has 1 aliphatic carbocycles. The molecule has 1 aromatic carbocycles. The molecule has 1 aromatic heterocycles. The molecule has 144 valence electrons. The summed E-state index contributed by atoms with van der Waals surface area (Å²) in [5.74, 6) is 1.80. The van der Waals surface area contributed by atoms with Crippen LogP contribution in [0.3, 0.4) is 0 Å². The van der Waals surface area contributed by atoms with Crippen molar-refractivity contribution >= 4 is 11.9 Å². The molecule has 3 rings (SSSR count). The average molecular weight is 370 g/mol. The molecule has 1 fully saturated rings. The van der Waals surface area contributed by atoms with Crippen LogP contribution in [0.15, 0.2) is 30.3 Å². The lowest BCUT2D eigenvalue weighted by Gasteiger charge is -2.13. The number of hydrogen-bond acceptors (Lipinski definition) is 6. The minimum Gasteiger partial charge on any atom is -0.497 e. The van der Waals surface area contributed by atoms with Crippen molar-refractivity contribution in [3.05, 3.63) is 41.7 Å². The van der Waals surface area contributed by atoms with E-state index in [1.807, 2.05) is 31.2 Å². The number of rotatable bonds is 8. The number of carbonyl (C=O) groups is 1. The number of amides is 1. The van der Waals surface area contributed by atoms with Crippen molar-refractivity contribution in [3.63, 3.8) is 0 Å². The topological polar surface area (TPSA) is 85.4 Å². The van der Waals surface area contributed by atoms with Gasteiger partial charge in [0.2, 0.25) is 5.95 Å². The molecule has 1 aliphatic rings. The predicted molar refractivity (Wildman–Crippen MR) is 103 cm³/mol. The Kier molecular flexibility index (Phi) is 6.46. The van der Waals surface area contributed by atoms with Crippen molar-refractivity contribution in [1.82, 2.24) is 15.3 Å². The fourth-order valence-electron chi connectivity index (χ4n) is 3.10. The van der Waals surface area contributed by atoms with E-state index in [9.17, 15) is 4.79 Å². The number of aromatic nitrogens is 2. The zero-order valence-electron chi connectivity index (χ0n) is 15.8. The molecular weight excluding hydrogens is 344 g/mol. The Balaban J connectivity index is 1.48. The van der Waals surface area contributed by atoms with Gasteiger partial charge in [0.05, 0.1) is 13.7 Å². The Hall–Kier alpha value is -2.83. The Bertz CT molecular complexity index is 758. The van der Waals surface area contributed by atoms with Crippen molar-refractivity contribution < 1.29 is 14.3 Å². The van der Waals surface area contributed by atoms with Crippen molar-refractivity contribution in [1.29, 1.82) is 0 Å². The van der Waals surface area contributed by atoms with Gasteiger partial charge < -0.3 is 20.1 Å². The first kappa shape index (κ1) is 18.9. The number of benzene rings is 1. The molecule has 1 amide bonds. The van der Waals surface area contributed by atoms with E-state index >= 15 is 0 Å². The standard InChI is InChI=1S/C20H26N4O3/c1-14-13-18(24-20(22-14)23-15-5-3-4-6-15)19(25)21-11-12-27-17-9-7-16(26-2)8-10-17/h7-10,13,15H,3-6,11-12H2,1-2H3,(H,21,25)(H,22,23,24). The second-order valence-corrected chi connectivity index (χ2v) is 6.62. The van der Waals surface area contributed by atoms with Crippen molar-refractivity contribution in [2.75, 3.05) is 25.6 Å². The highest BCUT2D eigenvalue weighted by Crippen LogP contribution is 2.21. The first-order valence-corrected chi connectivity index (χ1v) is 9.31. The summed E-state index contributed by atoms with van der Waals surface area (Å²) in [6.45, 7) is 2.62. The van der Waals surface area contributed by atoms with E-state index < -0.39 is 0 Å². The van der Waals surface area contributed by atoms with Gasteiger partial charge in [0.25, 0.3) is 5.91 Å². The molecule has 0 aliphatic heterocycles. The molecule has 2 N–H and O–H groups in total. The summed E-state index contributed by atoms with van der Waals surface area (Å²) >= 11 is 0. The first-order chi connectivity index (χ1) is 13.1. The summed E-state index contributed by atoms with van der Waals surface area (Å²) in [6, 6.07) is 9.41. The zero-order chi connectivity index (χ0) is 19.1. The molecule has 2 aromatic rings. The van der Waals surface area contributed by atoms with Crippen LogP contribution in [0.2, 0.25) is 0 Å². The lowest BCUT2D eigenvalue weighted by atomic mass is 10.2. The number of hydrogen-bond donors (Lipinski definition) is 2. The molecule has 1 heterocycles. The summed E-state index contributed by atoms with van der Waals surface area (Å²) in [6.07, 6.45) is 4.71. The second kappa shape index (κ2) is 9.21. The van der Waals surface area contributed by atoms with Gasteiger partial charge >= 0.3 is 0 Å². The second-order valence-electron chi connectivity index (χ2n) is 6.62. The predicted octanol–water partition coefficient (Wildman–Crippen LogP) is 2.96. The van der Waals surface area contributed by atoms with Crippen LogP contribution in [-0.2, 0) is 0 Å². The van der Waals surface area contributed by atoms with Gasteiger partial charge in [0.1, 0.15) is 23.8 Å². The number of methoxy groups -OCH3 is 1.